The molecule has 4 rings (SSSR count). The Labute approximate surface area is 312 Å². The van der Waals surface area contributed by atoms with E-state index in [0.717, 1.165) is 11.4 Å². The largest absolute Gasteiger partial charge is 0.399 e. The lowest BCUT2D eigenvalue weighted by Gasteiger charge is -2.21. The topological polar surface area (TPSA) is 52.0 Å². The van der Waals surface area contributed by atoms with Gasteiger partial charge in [0.15, 0.2) is 0 Å². The van der Waals surface area contributed by atoms with Gasteiger partial charge in [-0.25, -0.2) is 0 Å². The summed E-state index contributed by atoms with van der Waals surface area (Å²) in [6, 6.07) is 31.9. The van der Waals surface area contributed by atoms with E-state index >= 15 is 0 Å². The quantitative estimate of drug-likeness (QED) is 0.0569. The van der Waals surface area contributed by atoms with Crippen molar-refractivity contribution in [2.75, 3.05) is 11.5 Å². The number of rotatable bonds is 24. The van der Waals surface area contributed by atoms with Gasteiger partial charge in [0.25, 0.3) is 0 Å². The van der Waals surface area contributed by atoms with Crippen molar-refractivity contribution >= 4 is 11.4 Å². The summed E-state index contributed by atoms with van der Waals surface area (Å²) in [5, 5.41) is 0. The summed E-state index contributed by atoms with van der Waals surface area (Å²) >= 11 is 0. The molecule has 0 aliphatic carbocycles. The predicted octanol–water partition coefficient (Wildman–Crippen LogP) is 14.2. The zero-order chi connectivity index (χ0) is 36.3. The van der Waals surface area contributed by atoms with Crippen LogP contribution < -0.4 is 11.5 Å². The fraction of sp³-hybridized carbons (Fsp3) is 0.510. The van der Waals surface area contributed by atoms with Gasteiger partial charge < -0.3 is 11.5 Å². The van der Waals surface area contributed by atoms with Crippen molar-refractivity contribution in [3.05, 3.63) is 129 Å². The lowest BCUT2D eigenvalue weighted by Crippen LogP contribution is -2.04. The molecule has 4 aromatic carbocycles. The molecule has 0 heterocycles. The average molecular weight is 687 g/mol. The van der Waals surface area contributed by atoms with Crippen LogP contribution in [0.3, 0.4) is 0 Å². The number of benzene rings is 4. The third-order valence-electron chi connectivity index (χ3n) is 11.2. The van der Waals surface area contributed by atoms with Gasteiger partial charge in [0.05, 0.1) is 0 Å². The highest BCUT2D eigenvalue weighted by molar-refractivity contribution is 5.49. The molecular weight excluding hydrogens is 617 g/mol. The maximum atomic E-state index is 6.05. The Balaban J connectivity index is 1.04. The fourth-order valence-corrected chi connectivity index (χ4v) is 8.08. The highest BCUT2D eigenvalue weighted by Gasteiger charge is 2.17. The SMILES string of the molecule is CCCCC(c1ccc(CCCCCCCCCCCCCc2ccc(C(CCCC)c3ccc(N)cc3C)cc2)cc1)c1ccc(N)cc1C. The number of anilines is 2. The molecule has 276 valence electrons. The molecule has 0 saturated heterocycles. The van der Waals surface area contributed by atoms with Gasteiger partial charge in [-0.05, 0) is 121 Å². The molecule has 0 amide bonds. The summed E-state index contributed by atoms with van der Waals surface area (Å²) < 4.78 is 0. The third-order valence-corrected chi connectivity index (χ3v) is 11.2. The number of nitrogen functional groups attached to an aromatic ring is 2. The van der Waals surface area contributed by atoms with E-state index in [9.17, 15) is 0 Å². The van der Waals surface area contributed by atoms with Crippen molar-refractivity contribution in [2.24, 2.45) is 0 Å². The average Bonchev–Trinajstić information content (AvgIpc) is 3.13. The molecule has 0 saturated carbocycles. The van der Waals surface area contributed by atoms with Crippen molar-refractivity contribution in [1.29, 1.82) is 0 Å². The summed E-state index contributed by atoms with van der Waals surface area (Å²) in [5.41, 5.74) is 25.2. The van der Waals surface area contributed by atoms with E-state index in [1.54, 1.807) is 0 Å². The molecule has 4 N–H and O–H groups in total. The Morgan fingerprint density at radius 2 is 0.745 bits per heavy atom. The van der Waals surface area contributed by atoms with E-state index in [2.05, 4.69) is 113 Å². The summed E-state index contributed by atoms with van der Waals surface area (Å²) in [6.07, 6.45) is 24.8. The van der Waals surface area contributed by atoms with Crippen molar-refractivity contribution < 1.29 is 0 Å². The van der Waals surface area contributed by atoms with Gasteiger partial charge in [0.1, 0.15) is 0 Å². The molecule has 0 aliphatic rings. The normalized spacial score (nSPS) is 12.6. The molecule has 4 aromatic rings. The van der Waals surface area contributed by atoms with E-state index in [0.29, 0.717) is 11.8 Å². The Bertz CT molecular complexity index is 1420. The van der Waals surface area contributed by atoms with Crippen LogP contribution in [0.4, 0.5) is 11.4 Å². The van der Waals surface area contributed by atoms with Crippen LogP contribution in [0.15, 0.2) is 84.9 Å². The maximum Gasteiger partial charge on any atom is 0.0316 e. The van der Waals surface area contributed by atoms with E-state index in [1.807, 2.05) is 0 Å². The summed E-state index contributed by atoms with van der Waals surface area (Å²) in [6.45, 7) is 8.98. The van der Waals surface area contributed by atoms with Gasteiger partial charge in [-0.2, -0.15) is 0 Å². The Hall–Kier alpha value is -3.52. The lowest BCUT2D eigenvalue weighted by molar-refractivity contribution is 0.545. The predicted molar refractivity (Wildman–Crippen MR) is 225 cm³/mol. The van der Waals surface area contributed by atoms with Crippen LogP contribution in [0.2, 0.25) is 0 Å². The van der Waals surface area contributed by atoms with Crippen molar-refractivity contribution in [1.82, 2.24) is 0 Å². The molecule has 0 bridgehead atoms. The molecule has 0 spiro atoms. The number of hydrogen-bond donors (Lipinski definition) is 2. The van der Waals surface area contributed by atoms with E-state index < -0.39 is 0 Å². The highest BCUT2D eigenvalue weighted by Crippen LogP contribution is 2.34. The van der Waals surface area contributed by atoms with E-state index in [1.165, 1.54) is 167 Å². The molecule has 0 aliphatic heterocycles. The summed E-state index contributed by atoms with van der Waals surface area (Å²) in [4.78, 5) is 0. The van der Waals surface area contributed by atoms with Crippen molar-refractivity contribution in [3.63, 3.8) is 0 Å². The van der Waals surface area contributed by atoms with Gasteiger partial charge >= 0.3 is 0 Å². The fourth-order valence-electron chi connectivity index (χ4n) is 8.08. The smallest absolute Gasteiger partial charge is 0.0316 e. The van der Waals surface area contributed by atoms with E-state index in [4.69, 9.17) is 11.5 Å². The zero-order valence-corrected chi connectivity index (χ0v) is 32.8. The molecular formula is C49H70N2. The Morgan fingerprint density at radius 3 is 1.06 bits per heavy atom. The van der Waals surface area contributed by atoms with Crippen LogP contribution in [-0.2, 0) is 12.8 Å². The monoisotopic (exact) mass is 687 g/mol. The minimum absolute atomic E-state index is 0.461. The number of hydrogen-bond acceptors (Lipinski definition) is 2. The molecule has 51 heavy (non-hydrogen) atoms. The van der Waals surface area contributed by atoms with Gasteiger partial charge in [-0.1, -0.05) is 158 Å². The molecule has 2 unspecified atom stereocenters. The summed E-state index contributed by atoms with van der Waals surface area (Å²) in [5.74, 6) is 0.922. The van der Waals surface area contributed by atoms with Crippen LogP contribution in [0.5, 0.6) is 0 Å². The minimum Gasteiger partial charge on any atom is -0.399 e. The molecule has 2 atom stereocenters. The lowest BCUT2D eigenvalue weighted by atomic mass is 9.84. The second kappa shape index (κ2) is 22.4. The molecule has 0 fully saturated rings. The van der Waals surface area contributed by atoms with Crippen LogP contribution in [0, 0.1) is 13.8 Å². The molecule has 2 nitrogen and oxygen atoms in total. The Morgan fingerprint density at radius 1 is 0.412 bits per heavy atom. The standard InChI is InChI=1S/C49H70N2/c1-5-7-22-48(46-34-32-44(50)36-38(46)3)42-28-24-40(25-29-42)20-18-16-14-12-10-9-11-13-15-17-19-21-41-26-30-43(31-27-41)49(23-8-6-2)47-35-33-45(51)37-39(47)4/h24-37,48-49H,5-23,50-51H2,1-4H3. The summed E-state index contributed by atoms with van der Waals surface area (Å²) in [7, 11) is 0. The first-order valence-electron chi connectivity index (χ1n) is 20.8. The number of nitrogens with two attached hydrogens (primary N) is 2. The van der Waals surface area contributed by atoms with Crippen LogP contribution in [0.25, 0.3) is 0 Å². The van der Waals surface area contributed by atoms with Crippen LogP contribution in [-0.4, -0.2) is 0 Å². The first-order chi connectivity index (χ1) is 24.9. The van der Waals surface area contributed by atoms with Gasteiger partial charge in [0.2, 0.25) is 0 Å². The number of unbranched alkanes of at least 4 members (excludes halogenated alkanes) is 12. The third kappa shape index (κ3) is 13.5. The highest BCUT2D eigenvalue weighted by atomic mass is 14.5. The van der Waals surface area contributed by atoms with Crippen molar-refractivity contribution in [3.8, 4) is 0 Å². The minimum atomic E-state index is 0.461. The second-order valence-electron chi connectivity index (χ2n) is 15.5. The van der Waals surface area contributed by atoms with Crippen molar-refractivity contribution in [2.45, 2.75) is 162 Å². The van der Waals surface area contributed by atoms with Gasteiger partial charge in [-0.3, -0.25) is 0 Å². The maximum absolute atomic E-state index is 6.05. The first-order valence-corrected chi connectivity index (χ1v) is 20.8. The molecule has 0 aromatic heterocycles. The van der Waals surface area contributed by atoms with E-state index in [-0.39, 0.29) is 0 Å². The second-order valence-corrected chi connectivity index (χ2v) is 15.5. The van der Waals surface area contributed by atoms with Gasteiger partial charge in [0, 0.05) is 23.2 Å². The van der Waals surface area contributed by atoms with Gasteiger partial charge in [-0.15, -0.1) is 0 Å². The zero-order valence-electron chi connectivity index (χ0n) is 32.8. The first kappa shape index (κ1) is 40.3. The molecule has 0 radical (unpaired) electrons. The number of aryl methyl sites for hydroxylation is 4. The molecule has 2 heteroatoms. The van der Waals surface area contributed by atoms with Crippen LogP contribution in [0.1, 0.15) is 179 Å². The Kier molecular flexibility index (Phi) is 17.7. The van der Waals surface area contributed by atoms with Crippen LogP contribution >= 0.6 is 0 Å².